The summed E-state index contributed by atoms with van der Waals surface area (Å²) < 4.78 is 5.72. The molecule has 1 unspecified atom stereocenters. The van der Waals surface area contributed by atoms with E-state index in [0.717, 1.165) is 23.5 Å². The number of nitriles is 1. The Morgan fingerprint density at radius 1 is 1.50 bits per heavy atom. The fraction of sp³-hybridized carbons (Fsp3) is 0.462. The molecule has 0 aliphatic rings. The maximum absolute atomic E-state index is 8.80. The summed E-state index contributed by atoms with van der Waals surface area (Å²) in [6, 6.07) is 7.62. The molecule has 0 heterocycles. The first-order valence-corrected chi connectivity index (χ1v) is 6.08. The minimum absolute atomic E-state index is 0.466. The summed E-state index contributed by atoms with van der Waals surface area (Å²) in [5.74, 6) is 2.10. The first-order valence-electron chi connectivity index (χ1n) is 5.45. The average Bonchev–Trinajstić information content (AvgIpc) is 2.32. The SMILES string of the molecule is CCC(CS)COc1cc(C#N)ccc1C. The highest BCUT2D eigenvalue weighted by Crippen LogP contribution is 2.20. The van der Waals surface area contributed by atoms with Crippen molar-refractivity contribution in [3.63, 3.8) is 0 Å². The summed E-state index contributed by atoms with van der Waals surface area (Å²) in [4.78, 5) is 0. The van der Waals surface area contributed by atoms with Crippen molar-refractivity contribution in [3.05, 3.63) is 29.3 Å². The predicted molar refractivity (Wildman–Crippen MR) is 69.0 cm³/mol. The molecule has 0 aliphatic heterocycles. The summed E-state index contributed by atoms with van der Waals surface area (Å²) in [5, 5.41) is 8.80. The van der Waals surface area contributed by atoms with Gasteiger partial charge in [0.2, 0.25) is 0 Å². The summed E-state index contributed by atoms with van der Waals surface area (Å²) in [7, 11) is 0. The second-order valence-corrected chi connectivity index (χ2v) is 4.23. The molecule has 1 atom stereocenters. The van der Waals surface area contributed by atoms with Gasteiger partial charge in [-0.25, -0.2) is 0 Å². The molecule has 0 amide bonds. The van der Waals surface area contributed by atoms with E-state index in [4.69, 9.17) is 10.00 Å². The Morgan fingerprint density at radius 2 is 2.25 bits per heavy atom. The molecule has 1 aromatic carbocycles. The zero-order valence-corrected chi connectivity index (χ0v) is 10.6. The molecule has 16 heavy (non-hydrogen) atoms. The Balaban J connectivity index is 2.69. The standard InChI is InChI=1S/C13H17NOS/c1-3-11(9-16)8-15-13-6-12(7-14)5-4-10(13)2/h4-6,11,16H,3,8-9H2,1-2H3. The third-order valence-corrected chi connectivity index (χ3v) is 3.14. The molecule has 0 fully saturated rings. The van der Waals surface area contributed by atoms with Gasteiger partial charge < -0.3 is 4.74 Å². The predicted octanol–water partition coefficient (Wildman–Crippen LogP) is 3.20. The lowest BCUT2D eigenvalue weighted by atomic mass is 10.1. The van der Waals surface area contributed by atoms with Crippen LogP contribution in [-0.4, -0.2) is 12.4 Å². The Kier molecular flexibility index (Phi) is 5.21. The van der Waals surface area contributed by atoms with E-state index in [1.165, 1.54) is 0 Å². The zero-order chi connectivity index (χ0) is 12.0. The molecule has 0 bridgehead atoms. The van der Waals surface area contributed by atoms with Crippen LogP contribution in [0.15, 0.2) is 18.2 Å². The van der Waals surface area contributed by atoms with Crippen LogP contribution in [0.25, 0.3) is 0 Å². The van der Waals surface area contributed by atoms with Crippen LogP contribution in [0.1, 0.15) is 24.5 Å². The van der Waals surface area contributed by atoms with E-state index in [-0.39, 0.29) is 0 Å². The van der Waals surface area contributed by atoms with Gasteiger partial charge in [0.15, 0.2) is 0 Å². The van der Waals surface area contributed by atoms with E-state index >= 15 is 0 Å². The van der Waals surface area contributed by atoms with Gasteiger partial charge in [0.25, 0.3) is 0 Å². The van der Waals surface area contributed by atoms with Crippen molar-refractivity contribution in [3.8, 4) is 11.8 Å². The number of thiol groups is 1. The van der Waals surface area contributed by atoms with Crippen molar-refractivity contribution in [2.24, 2.45) is 5.92 Å². The quantitative estimate of drug-likeness (QED) is 0.795. The van der Waals surface area contributed by atoms with Gasteiger partial charge in [0, 0.05) is 5.92 Å². The highest BCUT2D eigenvalue weighted by molar-refractivity contribution is 7.80. The lowest BCUT2D eigenvalue weighted by Crippen LogP contribution is -2.13. The lowest BCUT2D eigenvalue weighted by molar-refractivity contribution is 0.258. The van der Waals surface area contributed by atoms with Gasteiger partial charge in [-0.2, -0.15) is 17.9 Å². The van der Waals surface area contributed by atoms with E-state index in [9.17, 15) is 0 Å². The summed E-state index contributed by atoms with van der Waals surface area (Å²) in [5.41, 5.74) is 1.70. The molecular formula is C13H17NOS. The topological polar surface area (TPSA) is 33.0 Å². The number of aryl methyl sites for hydroxylation is 1. The Hall–Kier alpha value is -1.14. The maximum atomic E-state index is 8.80. The van der Waals surface area contributed by atoms with Gasteiger partial charge >= 0.3 is 0 Å². The highest BCUT2D eigenvalue weighted by Gasteiger charge is 2.07. The molecule has 0 spiro atoms. The van der Waals surface area contributed by atoms with Gasteiger partial charge in [0.05, 0.1) is 18.2 Å². The molecule has 1 aromatic rings. The number of rotatable bonds is 5. The van der Waals surface area contributed by atoms with Crippen molar-refractivity contribution in [2.45, 2.75) is 20.3 Å². The van der Waals surface area contributed by atoms with Crippen LogP contribution < -0.4 is 4.74 Å². The molecule has 0 saturated carbocycles. The van der Waals surface area contributed by atoms with Crippen LogP contribution >= 0.6 is 12.6 Å². The van der Waals surface area contributed by atoms with E-state index < -0.39 is 0 Å². The lowest BCUT2D eigenvalue weighted by Gasteiger charge is -2.14. The van der Waals surface area contributed by atoms with E-state index in [1.807, 2.05) is 13.0 Å². The molecule has 86 valence electrons. The normalized spacial score (nSPS) is 11.9. The number of nitrogens with zero attached hydrogens (tertiary/aromatic N) is 1. The molecule has 0 saturated heterocycles. The van der Waals surface area contributed by atoms with E-state index in [2.05, 4.69) is 25.6 Å². The molecule has 0 N–H and O–H groups in total. The zero-order valence-electron chi connectivity index (χ0n) is 9.73. The summed E-state index contributed by atoms with van der Waals surface area (Å²) in [6.07, 6.45) is 1.06. The average molecular weight is 235 g/mol. The van der Waals surface area contributed by atoms with Gasteiger partial charge in [-0.1, -0.05) is 13.0 Å². The molecule has 0 aromatic heterocycles. The number of benzene rings is 1. The van der Waals surface area contributed by atoms with E-state index in [1.54, 1.807) is 12.1 Å². The Bertz CT molecular complexity index is 380. The highest BCUT2D eigenvalue weighted by atomic mass is 32.1. The molecule has 0 radical (unpaired) electrons. The first kappa shape index (κ1) is 12.9. The van der Waals surface area contributed by atoms with Crippen LogP contribution in [0.4, 0.5) is 0 Å². The van der Waals surface area contributed by atoms with Crippen molar-refractivity contribution in [2.75, 3.05) is 12.4 Å². The van der Waals surface area contributed by atoms with Gasteiger partial charge in [-0.3, -0.25) is 0 Å². The van der Waals surface area contributed by atoms with Crippen LogP contribution in [0, 0.1) is 24.2 Å². The molecule has 3 heteroatoms. The second kappa shape index (κ2) is 6.44. The largest absolute Gasteiger partial charge is 0.493 e. The minimum atomic E-state index is 0.466. The fourth-order valence-corrected chi connectivity index (χ4v) is 1.70. The van der Waals surface area contributed by atoms with Crippen LogP contribution in [0.5, 0.6) is 5.75 Å². The number of hydrogen-bond donors (Lipinski definition) is 1. The smallest absolute Gasteiger partial charge is 0.123 e. The number of hydrogen-bond acceptors (Lipinski definition) is 3. The minimum Gasteiger partial charge on any atom is -0.493 e. The van der Waals surface area contributed by atoms with Crippen LogP contribution in [0.2, 0.25) is 0 Å². The molecule has 0 aliphatic carbocycles. The monoisotopic (exact) mass is 235 g/mol. The van der Waals surface area contributed by atoms with Crippen molar-refractivity contribution < 1.29 is 4.74 Å². The van der Waals surface area contributed by atoms with Crippen LogP contribution in [-0.2, 0) is 0 Å². The van der Waals surface area contributed by atoms with Crippen molar-refractivity contribution in [1.82, 2.24) is 0 Å². The maximum Gasteiger partial charge on any atom is 0.123 e. The van der Waals surface area contributed by atoms with Crippen molar-refractivity contribution >= 4 is 12.6 Å². The first-order chi connectivity index (χ1) is 7.71. The molecule has 2 nitrogen and oxygen atoms in total. The van der Waals surface area contributed by atoms with Crippen molar-refractivity contribution in [1.29, 1.82) is 5.26 Å². The Labute approximate surface area is 103 Å². The van der Waals surface area contributed by atoms with E-state index in [0.29, 0.717) is 18.1 Å². The Morgan fingerprint density at radius 3 is 2.81 bits per heavy atom. The summed E-state index contributed by atoms with van der Waals surface area (Å²) >= 11 is 4.27. The van der Waals surface area contributed by atoms with Gasteiger partial charge in [-0.05, 0) is 36.8 Å². The fourth-order valence-electron chi connectivity index (χ4n) is 1.33. The third kappa shape index (κ3) is 3.46. The van der Waals surface area contributed by atoms with Crippen LogP contribution in [0.3, 0.4) is 0 Å². The second-order valence-electron chi connectivity index (χ2n) is 3.86. The molecule has 1 rings (SSSR count). The summed E-state index contributed by atoms with van der Waals surface area (Å²) in [6.45, 7) is 4.77. The third-order valence-electron chi connectivity index (χ3n) is 2.63. The molecular weight excluding hydrogens is 218 g/mol. The van der Waals surface area contributed by atoms with Gasteiger partial charge in [-0.15, -0.1) is 0 Å². The van der Waals surface area contributed by atoms with Gasteiger partial charge in [0.1, 0.15) is 5.75 Å². The number of ether oxygens (including phenoxy) is 1.